The Morgan fingerprint density at radius 3 is 1.85 bits per heavy atom. The Bertz CT molecular complexity index is 153. The van der Waals surface area contributed by atoms with Crippen LogP contribution in [0.3, 0.4) is 0 Å². The van der Waals surface area contributed by atoms with Gasteiger partial charge in [-0.05, 0) is 23.7 Å². The number of rotatable bonds is 4. The third kappa shape index (κ3) is 5.07. The van der Waals surface area contributed by atoms with Crippen molar-refractivity contribution in [2.24, 2.45) is 23.2 Å². The lowest BCUT2D eigenvalue weighted by molar-refractivity contribution is -0.114. The summed E-state index contributed by atoms with van der Waals surface area (Å²) in [5.74, 6) is 1.19. The average Bonchev–Trinajstić information content (AvgIpc) is 1.82. The molecule has 0 saturated heterocycles. The molecule has 0 aliphatic carbocycles. The number of hydrogen-bond acceptors (Lipinski definition) is 1. The minimum atomic E-state index is 0.222. The van der Waals surface area contributed by atoms with Gasteiger partial charge in [-0.2, -0.15) is 0 Å². The average molecular weight is 184 g/mol. The quantitative estimate of drug-likeness (QED) is 0.611. The van der Waals surface area contributed by atoms with Gasteiger partial charge < -0.3 is 4.79 Å². The second-order valence-electron chi connectivity index (χ2n) is 5.70. The standard InChI is InChI=1S/C12H24O/c1-9(2)11(8-13)10(3)7-12(4,5)6/h8-11H,7H2,1-6H3. The van der Waals surface area contributed by atoms with E-state index in [1.54, 1.807) is 0 Å². The van der Waals surface area contributed by atoms with Crippen molar-refractivity contribution in [1.82, 2.24) is 0 Å². The normalized spacial score (nSPS) is 17.2. The van der Waals surface area contributed by atoms with Crippen LogP contribution in [0.15, 0.2) is 0 Å². The maximum atomic E-state index is 10.9. The Hall–Kier alpha value is -0.330. The van der Waals surface area contributed by atoms with E-state index in [1.807, 2.05) is 0 Å². The lowest BCUT2D eigenvalue weighted by atomic mass is 9.76. The highest BCUT2D eigenvalue weighted by atomic mass is 16.1. The van der Waals surface area contributed by atoms with E-state index in [-0.39, 0.29) is 5.92 Å². The van der Waals surface area contributed by atoms with Crippen molar-refractivity contribution in [2.75, 3.05) is 0 Å². The number of carbonyl (C=O) groups excluding carboxylic acids is 1. The highest BCUT2D eigenvalue weighted by molar-refractivity contribution is 5.54. The molecule has 0 radical (unpaired) electrons. The molecule has 0 saturated carbocycles. The molecule has 0 aromatic heterocycles. The van der Waals surface area contributed by atoms with Crippen molar-refractivity contribution in [2.45, 2.75) is 48.0 Å². The number of hydrogen-bond donors (Lipinski definition) is 0. The molecule has 0 spiro atoms. The van der Waals surface area contributed by atoms with E-state index in [0.717, 1.165) is 12.7 Å². The predicted molar refractivity (Wildman–Crippen MR) is 57.6 cm³/mol. The molecule has 1 heteroatoms. The molecule has 2 unspecified atom stereocenters. The molecule has 0 aromatic carbocycles. The summed E-state index contributed by atoms with van der Waals surface area (Å²) >= 11 is 0. The topological polar surface area (TPSA) is 17.1 Å². The van der Waals surface area contributed by atoms with Gasteiger partial charge in [-0.15, -0.1) is 0 Å². The van der Waals surface area contributed by atoms with Crippen molar-refractivity contribution in [1.29, 1.82) is 0 Å². The molecule has 13 heavy (non-hydrogen) atoms. The fourth-order valence-electron chi connectivity index (χ4n) is 2.05. The highest BCUT2D eigenvalue weighted by Gasteiger charge is 2.24. The summed E-state index contributed by atoms with van der Waals surface area (Å²) in [5, 5.41) is 0. The van der Waals surface area contributed by atoms with Gasteiger partial charge in [0, 0.05) is 5.92 Å². The van der Waals surface area contributed by atoms with Crippen LogP contribution >= 0.6 is 0 Å². The summed E-state index contributed by atoms with van der Waals surface area (Å²) in [6, 6.07) is 0. The first-order chi connectivity index (χ1) is 5.78. The predicted octanol–water partition coefficient (Wildman–Crippen LogP) is 3.53. The Morgan fingerprint density at radius 2 is 1.62 bits per heavy atom. The third-order valence-corrected chi connectivity index (χ3v) is 2.52. The summed E-state index contributed by atoms with van der Waals surface area (Å²) in [5.41, 5.74) is 0.329. The van der Waals surface area contributed by atoms with Crippen molar-refractivity contribution < 1.29 is 4.79 Å². The molecular formula is C12H24O. The maximum absolute atomic E-state index is 10.9. The second-order valence-corrected chi connectivity index (χ2v) is 5.70. The summed E-state index contributed by atoms with van der Waals surface area (Å²) in [7, 11) is 0. The third-order valence-electron chi connectivity index (χ3n) is 2.52. The number of aldehydes is 1. The summed E-state index contributed by atoms with van der Waals surface area (Å²) in [6.07, 6.45) is 2.25. The van der Waals surface area contributed by atoms with E-state index >= 15 is 0 Å². The molecular weight excluding hydrogens is 160 g/mol. The molecule has 2 atom stereocenters. The van der Waals surface area contributed by atoms with Gasteiger partial charge >= 0.3 is 0 Å². The summed E-state index contributed by atoms with van der Waals surface area (Å²) in [6.45, 7) is 13.1. The first kappa shape index (κ1) is 12.7. The maximum Gasteiger partial charge on any atom is 0.123 e. The van der Waals surface area contributed by atoms with Gasteiger partial charge in [0.1, 0.15) is 6.29 Å². The van der Waals surface area contributed by atoms with Crippen molar-refractivity contribution >= 4 is 6.29 Å². The Kier molecular flexibility index (Phi) is 4.66. The molecule has 0 bridgehead atoms. The first-order valence-electron chi connectivity index (χ1n) is 5.23. The van der Waals surface area contributed by atoms with Crippen LogP contribution in [0.25, 0.3) is 0 Å². The number of carbonyl (C=O) groups is 1. The van der Waals surface area contributed by atoms with Crippen LogP contribution in [0.5, 0.6) is 0 Å². The van der Waals surface area contributed by atoms with Crippen molar-refractivity contribution in [3.8, 4) is 0 Å². The SMILES string of the molecule is CC(C)C(C=O)C(C)CC(C)(C)C. The molecule has 0 aromatic rings. The van der Waals surface area contributed by atoms with Crippen LogP contribution in [-0.4, -0.2) is 6.29 Å². The zero-order chi connectivity index (χ0) is 10.6. The zero-order valence-corrected chi connectivity index (χ0v) is 9.92. The fraction of sp³-hybridized carbons (Fsp3) is 0.917. The fourth-order valence-corrected chi connectivity index (χ4v) is 2.05. The van der Waals surface area contributed by atoms with E-state index in [9.17, 15) is 4.79 Å². The van der Waals surface area contributed by atoms with Gasteiger partial charge in [0.15, 0.2) is 0 Å². The largest absolute Gasteiger partial charge is 0.303 e. The molecule has 0 aliphatic rings. The molecule has 0 heterocycles. The van der Waals surface area contributed by atoms with Crippen LogP contribution in [-0.2, 0) is 4.79 Å². The van der Waals surface area contributed by atoms with Crippen molar-refractivity contribution in [3.63, 3.8) is 0 Å². The molecule has 0 rings (SSSR count). The van der Waals surface area contributed by atoms with Crippen LogP contribution < -0.4 is 0 Å². The molecule has 0 N–H and O–H groups in total. The highest BCUT2D eigenvalue weighted by Crippen LogP contribution is 2.30. The van der Waals surface area contributed by atoms with Gasteiger partial charge in [-0.25, -0.2) is 0 Å². The molecule has 0 amide bonds. The smallest absolute Gasteiger partial charge is 0.123 e. The Morgan fingerprint density at radius 1 is 1.15 bits per heavy atom. The molecule has 1 nitrogen and oxygen atoms in total. The van der Waals surface area contributed by atoms with Crippen molar-refractivity contribution in [3.05, 3.63) is 0 Å². The molecule has 78 valence electrons. The van der Waals surface area contributed by atoms with Crippen LogP contribution in [0.2, 0.25) is 0 Å². The van der Waals surface area contributed by atoms with Gasteiger partial charge in [-0.3, -0.25) is 0 Å². The van der Waals surface area contributed by atoms with E-state index in [2.05, 4.69) is 41.5 Å². The summed E-state index contributed by atoms with van der Waals surface area (Å²) < 4.78 is 0. The van der Waals surface area contributed by atoms with Crippen LogP contribution in [0.4, 0.5) is 0 Å². The molecule has 0 fully saturated rings. The second kappa shape index (κ2) is 4.78. The van der Waals surface area contributed by atoms with E-state index in [4.69, 9.17) is 0 Å². The van der Waals surface area contributed by atoms with E-state index < -0.39 is 0 Å². The lowest BCUT2D eigenvalue weighted by Gasteiger charge is -2.28. The zero-order valence-electron chi connectivity index (χ0n) is 9.92. The van der Waals surface area contributed by atoms with Gasteiger partial charge in [0.2, 0.25) is 0 Å². The van der Waals surface area contributed by atoms with Crippen LogP contribution in [0, 0.1) is 23.2 Å². The molecule has 0 aliphatic heterocycles. The van der Waals surface area contributed by atoms with Gasteiger partial charge in [-0.1, -0.05) is 41.5 Å². The van der Waals surface area contributed by atoms with E-state index in [1.165, 1.54) is 0 Å². The van der Waals surface area contributed by atoms with Crippen LogP contribution in [0.1, 0.15) is 48.0 Å². The van der Waals surface area contributed by atoms with Gasteiger partial charge in [0.25, 0.3) is 0 Å². The Balaban J connectivity index is 4.22. The first-order valence-corrected chi connectivity index (χ1v) is 5.23. The minimum Gasteiger partial charge on any atom is -0.303 e. The van der Waals surface area contributed by atoms with Gasteiger partial charge in [0.05, 0.1) is 0 Å². The summed E-state index contributed by atoms with van der Waals surface area (Å²) in [4.78, 5) is 10.9. The Labute approximate surface area is 82.9 Å². The lowest BCUT2D eigenvalue weighted by Crippen LogP contribution is -2.23. The monoisotopic (exact) mass is 184 g/mol. The van der Waals surface area contributed by atoms with E-state index in [0.29, 0.717) is 17.3 Å². The minimum absolute atomic E-state index is 0.222.